The van der Waals surface area contributed by atoms with E-state index in [0.29, 0.717) is 6.04 Å². The molecule has 0 aromatic carbocycles. The highest BCUT2D eigenvalue weighted by Crippen LogP contribution is 2.25. The monoisotopic (exact) mass is 294 g/mol. The van der Waals surface area contributed by atoms with Crippen molar-refractivity contribution in [2.45, 2.75) is 26.4 Å². The predicted octanol–water partition coefficient (Wildman–Crippen LogP) is 2.59. The van der Waals surface area contributed by atoms with Crippen LogP contribution in [0.4, 0.5) is 5.82 Å². The van der Waals surface area contributed by atoms with Crippen LogP contribution in [-0.2, 0) is 11.3 Å². The molecule has 2 aromatic rings. The van der Waals surface area contributed by atoms with Gasteiger partial charge in [-0.25, -0.2) is 9.97 Å². The molecule has 6 heteroatoms. The SMILES string of the molecule is CNc1nc(CN(CCOC)C(C)C)nc2sccc12. The van der Waals surface area contributed by atoms with Crippen LogP contribution in [0.25, 0.3) is 10.2 Å². The number of rotatable bonds is 7. The predicted molar refractivity (Wildman–Crippen MR) is 84.4 cm³/mol. The van der Waals surface area contributed by atoms with Gasteiger partial charge in [0.25, 0.3) is 0 Å². The second-order valence-electron chi connectivity index (χ2n) is 4.93. The number of nitrogens with one attached hydrogen (secondary N) is 1. The lowest BCUT2D eigenvalue weighted by Gasteiger charge is -2.25. The molecule has 2 heterocycles. The highest BCUT2D eigenvalue weighted by Gasteiger charge is 2.14. The molecule has 1 N–H and O–H groups in total. The Morgan fingerprint density at radius 1 is 1.40 bits per heavy atom. The van der Waals surface area contributed by atoms with E-state index in [0.717, 1.165) is 41.6 Å². The van der Waals surface area contributed by atoms with Gasteiger partial charge in [0, 0.05) is 26.7 Å². The van der Waals surface area contributed by atoms with E-state index in [-0.39, 0.29) is 0 Å². The van der Waals surface area contributed by atoms with Crippen LogP contribution in [0, 0.1) is 0 Å². The molecule has 0 saturated carbocycles. The number of nitrogens with zero attached hydrogens (tertiary/aromatic N) is 3. The summed E-state index contributed by atoms with van der Waals surface area (Å²) in [5, 5.41) is 6.30. The first-order chi connectivity index (χ1) is 9.65. The molecule has 2 rings (SSSR count). The number of hydrogen-bond acceptors (Lipinski definition) is 6. The number of fused-ring (bicyclic) bond motifs is 1. The van der Waals surface area contributed by atoms with Gasteiger partial charge in [0.15, 0.2) is 0 Å². The maximum absolute atomic E-state index is 5.17. The molecule has 2 aromatic heterocycles. The Kier molecular flexibility index (Phi) is 5.28. The first kappa shape index (κ1) is 15.2. The quantitative estimate of drug-likeness (QED) is 0.850. The van der Waals surface area contributed by atoms with Gasteiger partial charge < -0.3 is 10.1 Å². The van der Waals surface area contributed by atoms with Crippen LogP contribution in [0.15, 0.2) is 11.4 Å². The Labute approximate surface area is 124 Å². The Balaban J connectivity index is 2.22. The molecular formula is C14H22N4OS. The Morgan fingerprint density at radius 2 is 2.20 bits per heavy atom. The molecule has 0 bridgehead atoms. The van der Waals surface area contributed by atoms with Gasteiger partial charge in [0.1, 0.15) is 16.5 Å². The van der Waals surface area contributed by atoms with Gasteiger partial charge >= 0.3 is 0 Å². The Bertz CT molecular complexity index is 555. The van der Waals surface area contributed by atoms with Crippen molar-refractivity contribution in [1.82, 2.24) is 14.9 Å². The molecule has 0 unspecified atom stereocenters. The number of methoxy groups -OCH3 is 1. The minimum absolute atomic E-state index is 0.436. The molecule has 0 radical (unpaired) electrons. The lowest BCUT2D eigenvalue weighted by atomic mass is 10.3. The molecule has 0 saturated heterocycles. The number of hydrogen-bond donors (Lipinski definition) is 1. The molecule has 0 atom stereocenters. The Morgan fingerprint density at radius 3 is 2.85 bits per heavy atom. The number of thiophene rings is 1. The average Bonchev–Trinajstić information content (AvgIpc) is 2.90. The van der Waals surface area contributed by atoms with E-state index in [2.05, 4.69) is 45.5 Å². The van der Waals surface area contributed by atoms with Crippen LogP contribution in [0.5, 0.6) is 0 Å². The minimum atomic E-state index is 0.436. The van der Waals surface area contributed by atoms with Gasteiger partial charge in [-0.2, -0.15) is 0 Å². The summed E-state index contributed by atoms with van der Waals surface area (Å²) in [7, 11) is 3.63. The molecular weight excluding hydrogens is 272 g/mol. The zero-order chi connectivity index (χ0) is 14.5. The second kappa shape index (κ2) is 6.97. The van der Waals surface area contributed by atoms with Gasteiger partial charge in [0.05, 0.1) is 18.5 Å². The summed E-state index contributed by atoms with van der Waals surface area (Å²) in [6.07, 6.45) is 0. The largest absolute Gasteiger partial charge is 0.383 e. The zero-order valence-corrected chi connectivity index (χ0v) is 13.3. The summed E-state index contributed by atoms with van der Waals surface area (Å²) >= 11 is 1.65. The van der Waals surface area contributed by atoms with Crippen molar-refractivity contribution in [1.29, 1.82) is 0 Å². The third kappa shape index (κ3) is 3.45. The standard InChI is InChI=1S/C14H22N4OS/c1-10(2)18(6-7-19-4)9-12-16-13(15-3)11-5-8-20-14(11)17-12/h5,8,10H,6-7,9H2,1-4H3,(H,15,16,17). The van der Waals surface area contributed by atoms with Crippen LogP contribution in [0.3, 0.4) is 0 Å². The molecule has 0 spiro atoms. The van der Waals surface area contributed by atoms with Crippen molar-refractivity contribution in [3.05, 3.63) is 17.3 Å². The van der Waals surface area contributed by atoms with Crippen LogP contribution in [0.2, 0.25) is 0 Å². The topological polar surface area (TPSA) is 50.3 Å². The Hall–Kier alpha value is -1.24. The zero-order valence-electron chi connectivity index (χ0n) is 12.5. The van der Waals surface area contributed by atoms with Crippen molar-refractivity contribution in [2.24, 2.45) is 0 Å². The summed E-state index contributed by atoms with van der Waals surface area (Å²) < 4.78 is 5.17. The summed E-state index contributed by atoms with van der Waals surface area (Å²) in [5.41, 5.74) is 0. The first-order valence-electron chi connectivity index (χ1n) is 6.80. The maximum Gasteiger partial charge on any atom is 0.146 e. The van der Waals surface area contributed by atoms with Gasteiger partial charge in [-0.15, -0.1) is 11.3 Å². The van der Waals surface area contributed by atoms with Crippen molar-refractivity contribution < 1.29 is 4.74 Å². The fraction of sp³-hybridized carbons (Fsp3) is 0.571. The third-order valence-electron chi connectivity index (χ3n) is 3.27. The lowest BCUT2D eigenvalue weighted by molar-refractivity contribution is 0.123. The van der Waals surface area contributed by atoms with Crippen molar-refractivity contribution in [2.75, 3.05) is 32.6 Å². The molecule has 110 valence electrons. The van der Waals surface area contributed by atoms with E-state index in [1.165, 1.54) is 0 Å². The van der Waals surface area contributed by atoms with E-state index < -0.39 is 0 Å². The van der Waals surface area contributed by atoms with Gasteiger partial charge in [-0.05, 0) is 25.3 Å². The van der Waals surface area contributed by atoms with E-state index in [1.807, 2.05) is 7.05 Å². The summed E-state index contributed by atoms with van der Waals surface area (Å²) in [4.78, 5) is 12.6. The molecule has 0 aliphatic carbocycles. The normalized spacial score (nSPS) is 11.7. The third-order valence-corrected chi connectivity index (χ3v) is 4.07. The number of ether oxygens (including phenoxy) is 1. The van der Waals surface area contributed by atoms with Crippen molar-refractivity contribution in [3.63, 3.8) is 0 Å². The highest BCUT2D eigenvalue weighted by atomic mass is 32.1. The van der Waals surface area contributed by atoms with Gasteiger partial charge in [0.2, 0.25) is 0 Å². The first-order valence-corrected chi connectivity index (χ1v) is 7.68. The van der Waals surface area contributed by atoms with Crippen LogP contribution >= 0.6 is 11.3 Å². The van der Waals surface area contributed by atoms with Crippen LogP contribution in [0.1, 0.15) is 19.7 Å². The van der Waals surface area contributed by atoms with E-state index in [4.69, 9.17) is 4.74 Å². The minimum Gasteiger partial charge on any atom is -0.383 e. The second-order valence-corrected chi connectivity index (χ2v) is 5.83. The number of anilines is 1. The fourth-order valence-electron chi connectivity index (χ4n) is 2.07. The summed E-state index contributed by atoms with van der Waals surface area (Å²) in [6, 6.07) is 2.49. The van der Waals surface area contributed by atoms with Crippen molar-refractivity contribution in [3.8, 4) is 0 Å². The van der Waals surface area contributed by atoms with E-state index in [1.54, 1.807) is 18.4 Å². The number of aromatic nitrogens is 2. The molecule has 0 amide bonds. The molecule has 5 nitrogen and oxygen atoms in total. The molecule has 0 aliphatic rings. The average molecular weight is 294 g/mol. The van der Waals surface area contributed by atoms with Crippen molar-refractivity contribution >= 4 is 27.4 Å². The smallest absolute Gasteiger partial charge is 0.146 e. The lowest BCUT2D eigenvalue weighted by Crippen LogP contribution is -2.34. The molecule has 0 fully saturated rings. The van der Waals surface area contributed by atoms with E-state index in [9.17, 15) is 0 Å². The van der Waals surface area contributed by atoms with Gasteiger partial charge in [-0.1, -0.05) is 0 Å². The maximum atomic E-state index is 5.17. The summed E-state index contributed by atoms with van der Waals surface area (Å²) in [5.74, 6) is 1.76. The molecule has 20 heavy (non-hydrogen) atoms. The fourth-order valence-corrected chi connectivity index (χ4v) is 2.85. The van der Waals surface area contributed by atoms with E-state index >= 15 is 0 Å². The highest BCUT2D eigenvalue weighted by molar-refractivity contribution is 7.16. The van der Waals surface area contributed by atoms with Crippen LogP contribution < -0.4 is 5.32 Å². The molecule has 0 aliphatic heterocycles. The summed E-state index contributed by atoms with van der Waals surface area (Å²) in [6.45, 7) is 6.70. The van der Waals surface area contributed by atoms with Gasteiger partial charge in [-0.3, -0.25) is 4.90 Å². The van der Waals surface area contributed by atoms with Crippen LogP contribution in [-0.4, -0.2) is 48.2 Å².